The Kier molecular flexibility index (Phi) is 3.96. The van der Waals surface area contributed by atoms with Gasteiger partial charge in [-0.3, -0.25) is 14.5 Å². The maximum Gasteiger partial charge on any atom is 0.328 e. The lowest BCUT2D eigenvalue weighted by molar-refractivity contribution is -0.136. The molecule has 0 radical (unpaired) electrons. The SMILES string of the molecule is CN1C(=O)C2C(N=CN2CC(=O)NCc2cc(F)co2)N(C)C1=O. The van der Waals surface area contributed by atoms with Gasteiger partial charge in [-0.2, -0.15) is 0 Å². The third-order valence-corrected chi connectivity index (χ3v) is 3.98. The number of nitrogens with one attached hydrogen (secondary N) is 1. The van der Waals surface area contributed by atoms with Gasteiger partial charge in [0.15, 0.2) is 18.0 Å². The summed E-state index contributed by atoms with van der Waals surface area (Å²) in [5.41, 5.74) is 0. The van der Waals surface area contributed by atoms with Crippen molar-refractivity contribution in [2.75, 3.05) is 20.6 Å². The number of carbonyl (C=O) groups excluding carboxylic acids is 3. The number of amides is 4. The predicted octanol–water partition coefficient (Wildman–Crippen LogP) is -0.403. The molecule has 1 N–H and O–H groups in total. The van der Waals surface area contributed by atoms with Gasteiger partial charge in [0.25, 0.3) is 5.91 Å². The summed E-state index contributed by atoms with van der Waals surface area (Å²) in [5, 5.41) is 2.57. The van der Waals surface area contributed by atoms with Crippen molar-refractivity contribution >= 4 is 24.2 Å². The minimum absolute atomic E-state index is 0.0358. The molecular weight excluding hydrogens is 321 g/mol. The third kappa shape index (κ3) is 2.70. The monoisotopic (exact) mass is 337 g/mol. The van der Waals surface area contributed by atoms with E-state index in [1.165, 1.54) is 29.3 Å². The summed E-state index contributed by atoms with van der Waals surface area (Å²) in [6.45, 7) is -0.0798. The number of nitrogens with zero attached hydrogens (tertiary/aromatic N) is 4. The standard InChI is InChI=1S/C14H16FN5O4/c1-18-12-11(13(22)19(2)14(18)23)20(7-17-12)5-10(21)16-4-9-3-8(15)6-24-9/h3,6-7,11-12H,4-5H2,1-2H3,(H,16,21). The van der Waals surface area contributed by atoms with Crippen LogP contribution in [0.25, 0.3) is 0 Å². The highest BCUT2D eigenvalue weighted by Gasteiger charge is 2.48. The van der Waals surface area contributed by atoms with Crippen LogP contribution >= 0.6 is 0 Å². The molecule has 10 heteroatoms. The van der Waals surface area contributed by atoms with Crippen molar-refractivity contribution in [3.8, 4) is 0 Å². The second kappa shape index (κ2) is 5.95. The van der Waals surface area contributed by atoms with Crippen LogP contribution in [0.15, 0.2) is 21.7 Å². The lowest BCUT2D eigenvalue weighted by Gasteiger charge is -2.39. The first-order chi connectivity index (χ1) is 11.4. The molecule has 4 amide bonds. The number of hydrogen-bond donors (Lipinski definition) is 1. The number of halogens is 1. The summed E-state index contributed by atoms with van der Waals surface area (Å²) in [6, 6.07) is 0.00225. The molecule has 2 aliphatic rings. The molecule has 3 heterocycles. The van der Waals surface area contributed by atoms with Crippen molar-refractivity contribution in [2.45, 2.75) is 18.8 Å². The van der Waals surface area contributed by atoms with E-state index < -0.39 is 30.0 Å². The van der Waals surface area contributed by atoms with E-state index in [0.717, 1.165) is 11.2 Å². The molecule has 9 nitrogen and oxygen atoms in total. The maximum absolute atomic E-state index is 12.8. The number of urea groups is 1. The van der Waals surface area contributed by atoms with Gasteiger partial charge in [-0.15, -0.1) is 0 Å². The van der Waals surface area contributed by atoms with Crippen LogP contribution in [0.4, 0.5) is 9.18 Å². The van der Waals surface area contributed by atoms with Gasteiger partial charge in [0.2, 0.25) is 5.91 Å². The second-order valence-corrected chi connectivity index (χ2v) is 5.59. The molecule has 0 spiro atoms. The number of hydrogen-bond acceptors (Lipinski definition) is 6. The Morgan fingerprint density at radius 3 is 2.83 bits per heavy atom. The van der Waals surface area contributed by atoms with Gasteiger partial charge in [-0.1, -0.05) is 0 Å². The van der Waals surface area contributed by atoms with E-state index in [-0.39, 0.29) is 24.8 Å². The zero-order chi connectivity index (χ0) is 17.4. The average molecular weight is 337 g/mol. The Morgan fingerprint density at radius 1 is 1.42 bits per heavy atom. The molecule has 0 saturated carbocycles. The van der Waals surface area contributed by atoms with Gasteiger partial charge in [0, 0.05) is 20.2 Å². The van der Waals surface area contributed by atoms with Crippen LogP contribution in [0.2, 0.25) is 0 Å². The number of imide groups is 1. The molecule has 1 aromatic rings. The molecule has 1 fully saturated rings. The van der Waals surface area contributed by atoms with Gasteiger partial charge in [-0.05, 0) is 0 Å². The van der Waals surface area contributed by atoms with Gasteiger partial charge in [0.1, 0.15) is 12.0 Å². The van der Waals surface area contributed by atoms with E-state index in [9.17, 15) is 18.8 Å². The van der Waals surface area contributed by atoms with E-state index in [4.69, 9.17) is 4.42 Å². The van der Waals surface area contributed by atoms with Crippen LogP contribution in [-0.4, -0.2) is 71.7 Å². The largest absolute Gasteiger partial charge is 0.464 e. The lowest BCUT2D eigenvalue weighted by Crippen LogP contribution is -2.64. The Labute approximate surface area is 136 Å². The first-order valence-corrected chi connectivity index (χ1v) is 7.21. The van der Waals surface area contributed by atoms with Gasteiger partial charge < -0.3 is 19.5 Å². The Morgan fingerprint density at radius 2 is 2.17 bits per heavy atom. The fourth-order valence-corrected chi connectivity index (χ4v) is 2.70. The quantitative estimate of drug-likeness (QED) is 0.806. The molecule has 0 aromatic carbocycles. The smallest absolute Gasteiger partial charge is 0.328 e. The van der Waals surface area contributed by atoms with Crippen LogP contribution in [-0.2, 0) is 16.1 Å². The number of rotatable bonds is 4. The predicted molar refractivity (Wildman–Crippen MR) is 79.2 cm³/mol. The number of likely N-dealkylation sites (N-methyl/N-ethyl adjacent to an activating group) is 2. The average Bonchev–Trinajstić information content (AvgIpc) is 3.15. The van der Waals surface area contributed by atoms with Crippen LogP contribution < -0.4 is 5.32 Å². The summed E-state index contributed by atoms with van der Waals surface area (Å²) >= 11 is 0. The van der Waals surface area contributed by atoms with Gasteiger partial charge >= 0.3 is 6.03 Å². The number of aliphatic imine (C=N–C) groups is 1. The fourth-order valence-electron chi connectivity index (χ4n) is 2.70. The summed E-state index contributed by atoms with van der Waals surface area (Å²) in [4.78, 5) is 44.2. The summed E-state index contributed by atoms with van der Waals surface area (Å²) in [6.07, 6.45) is 1.69. The molecule has 1 aromatic heterocycles. The van der Waals surface area contributed by atoms with Crippen LogP contribution in [0, 0.1) is 5.82 Å². The normalized spacial score (nSPS) is 23.0. The first-order valence-electron chi connectivity index (χ1n) is 7.21. The van der Waals surface area contributed by atoms with E-state index in [0.29, 0.717) is 0 Å². The molecule has 128 valence electrons. The first kappa shape index (κ1) is 16.0. The van der Waals surface area contributed by atoms with Crippen molar-refractivity contribution in [2.24, 2.45) is 4.99 Å². The highest BCUT2D eigenvalue weighted by atomic mass is 19.1. The molecule has 0 bridgehead atoms. The summed E-state index contributed by atoms with van der Waals surface area (Å²) in [7, 11) is 2.94. The Balaban J connectivity index is 1.61. The molecule has 1 saturated heterocycles. The third-order valence-electron chi connectivity index (χ3n) is 3.98. The topological polar surface area (TPSA) is 98.5 Å². The Hall–Kier alpha value is -2.91. The molecule has 2 atom stereocenters. The highest BCUT2D eigenvalue weighted by molar-refractivity contribution is 6.02. The van der Waals surface area contributed by atoms with Crippen molar-refractivity contribution in [1.82, 2.24) is 20.0 Å². The van der Waals surface area contributed by atoms with E-state index >= 15 is 0 Å². The van der Waals surface area contributed by atoms with Crippen molar-refractivity contribution < 1.29 is 23.2 Å². The highest BCUT2D eigenvalue weighted by Crippen LogP contribution is 2.24. The molecular formula is C14H16FN5O4. The molecule has 24 heavy (non-hydrogen) atoms. The fraction of sp³-hybridized carbons (Fsp3) is 0.429. The molecule has 3 rings (SSSR count). The minimum atomic E-state index is -0.732. The zero-order valence-corrected chi connectivity index (χ0v) is 13.1. The van der Waals surface area contributed by atoms with Crippen LogP contribution in [0.5, 0.6) is 0 Å². The van der Waals surface area contributed by atoms with Gasteiger partial charge in [-0.25, -0.2) is 14.2 Å². The number of furan rings is 1. The summed E-state index contributed by atoms with van der Waals surface area (Å²) in [5.74, 6) is -1.03. The van der Waals surface area contributed by atoms with Crippen LogP contribution in [0.1, 0.15) is 5.76 Å². The molecule has 0 aliphatic carbocycles. The zero-order valence-electron chi connectivity index (χ0n) is 13.1. The van der Waals surface area contributed by atoms with Crippen molar-refractivity contribution in [3.63, 3.8) is 0 Å². The Bertz CT molecular complexity index is 718. The van der Waals surface area contributed by atoms with Gasteiger partial charge in [0.05, 0.1) is 19.4 Å². The maximum atomic E-state index is 12.8. The minimum Gasteiger partial charge on any atom is -0.464 e. The van der Waals surface area contributed by atoms with Crippen molar-refractivity contribution in [3.05, 3.63) is 23.9 Å². The lowest BCUT2D eigenvalue weighted by atomic mass is 10.1. The number of fused-ring (bicyclic) bond motifs is 1. The van der Waals surface area contributed by atoms with E-state index in [1.807, 2.05) is 0 Å². The van der Waals surface area contributed by atoms with E-state index in [2.05, 4.69) is 10.3 Å². The summed E-state index contributed by atoms with van der Waals surface area (Å²) < 4.78 is 17.7. The van der Waals surface area contributed by atoms with E-state index in [1.54, 1.807) is 7.05 Å². The number of carbonyl (C=O) groups is 3. The van der Waals surface area contributed by atoms with Crippen LogP contribution in [0.3, 0.4) is 0 Å². The molecule has 2 unspecified atom stereocenters. The second-order valence-electron chi connectivity index (χ2n) is 5.59. The van der Waals surface area contributed by atoms with Crippen molar-refractivity contribution in [1.29, 1.82) is 0 Å². The molecule has 2 aliphatic heterocycles.